The van der Waals surface area contributed by atoms with Crippen LogP contribution in [0, 0.1) is 10.1 Å². The van der Waals surface area contributed by atoms with Crippen molar-refractivity contribution in [3.8, 4) is 0 Å². The average molecular weight is 380 g/mol. The molecule has 6 nitrogen and oxygen atoms in total. The number of carbonyl (C=O) groups is 1. The fourth-order valence-corrected chi connectivity index (χ4v) is 3.11. The number of rotatable bonds is 3. The Balaban J connectivity index is 1.70. The Kier molecular flexibility index (Phi) is 5.11. The van der Waals surface area contributed by atoms with Crippen LogP contribution in [0.4, 0.5) is 11.4 Å². The fraction of sp³-hybridized carbons (Fsp3) is 0.235. The zero-order valence-electron chi connectivity index (χ0n) is 13.2. The molecule has 0 radical (unpaired) electrons. The van der Waals surface area contributed by atoms with Crippen LogP contribution in [0.1, 0.15) is 10.4 Å². The van der Waals surface area contributed by atoms with Crippen LogP contribution in [0.25, 0.3) is 0 Å². The van der Waals surface area contributed by atoms with E-state index in [9.17, 15) is 14.9 Å². The highest BCUT2D eigenvalue weighted by Crippen LogP contribution is 2.25. The van der Waals surface area contributed by atoms with E-state index in [0.717, 1.165) is 5.69 Å². The van der Waals surface area contributed by atoms with Gasteiger partial charge in [0.2, 0.25) is 0 Å². The van der Waals surface area contributed by atoms with Gasteiger partial charge in [-0.25, -0.2) is 0 Å². The number of non-ortho nitro benzene ring substituents is 1. The first-order valence-electron chi connectivity index (χ1n) is 7.69. The number of halogens is 2. The number of amides is 1. The summed E-state index contributed by atoms with van der Waals surface area (Å²) in [5, 5.41) is 11.8. The number of benzene rings is 2. The molecule has 0 N–H and O–H groups in total. The topological polar surface area (TPSA) is 66.7 Å². The first-order chi connectivity index (χ1) is 12.0. The number of nitrogens with zero attached hydrogens (tertiary/aromatic N) is 3. The van der Waals surface area contributed by atoms with Crippen molar-refractivity contribution in [1.82, 2.24) is 4.90 Å². The third kappa shape index (κ3) is 3.86. The van der Waals surface area contributed by atoms with Gasteiger partial charge in [-0.1, -0.05) is 23.2 Å². The Morgan fingerprint density at radius 2 is 1.64 bits per heavy atom. The van der Waals surface area contributed by atoms with Gasteiger partial charge in [-0.05, 0) is 30.3 Å². The van der Waals surface area contributed by atoms with Gasteiger partial charge in [-0.3, -0.25) is 14.9 Å². The molecule has 1 fully saturated rings. The van der Waals surface area contributed by atoms with Gasteiger partial charge >= 0.3 is 0 Å². The second kappa shape index (κ2) is 7.29. The van der Waals surface area contributed by atoms with Crippen LogP contribution < -0.4 is 4.90 Å². The Morgan fingerprint density at radius 3 is 2.24 bits per heavy atom. The van der Waals surface area contributed by atoms with Gasteiger partial charge in [0.15, 0.2) is 0 Å². The number of hydrogen-bond acceptors (Lipinski definition) is 4. The minimum Gasteiger partial charge on any atom is -0.368 e. The van der Waals surface area contributed by atoms with E-state index in [0.29, 0.717) is 31.2 Å². The predicted molar refractivity (Wildman–Crippen MR) is 97.7 cm³/mol. The number of carbonyl (C=O) groups excluding carboxylic acids is 1. The third-order valence-electron chi connectivity index (χ3n) is 4.15. The number of piperazine rings is 1. The highest BCUT2D eigenvalue weighted by Gasteiger charge is 2.25. The molecule has 0 bridgehead atoms. The van der Waals surface area contributed by atoms with E-state index >= 15 is 0 Å². The predicted octanol–water partition coefficient (Wildman–Crippen LogP) is 3.86. The van der Waals surface area contributed by atoms with Crippen LogP contribution in [0.15, 0.2) is 42.5 Å². The monoisotopic (exact) mass is 379 g/mol. The van der Waals surface area contributed by atoms with Gasteiger partial charge in [-0.15, -0.1) is 0 Å². The maximum Gasteiger partial charge on any atom is 0.270 e. The Bertz CT molecular complexity index is 803. The molecule has 1 aliphatic heterocycles. The first-order valence-corrected chi connectivity index (χ1v) is 8.45. The molecule has 130 valence electrons. The van der Waals surface area contributed by atoms with Gasteiger partial charge < -0.3 is 9.80 Å². The van der Waals surface area contributed by atoms with Crippen LogP contribution in [-0.2, 0) is 0 Å². The molecule has 2 aromatic carbocycles. The van der Waals surface area contributed by atoms with Crippen LogP contribution in [0.2, 0.25) is 10.0 Å². The molecule has 2 aromatic rings. The summed E-state index contributed by atoms with van der Waals surface area (Å²) >= 11 is 12.0. The minimum absolute atomic E-state index is 0.146. The van der Waals surface area contributed by atoms with Crippen molar-refractivity contribution in [3.63, 3.8) is 0 Å². The zero-order chi connectivity index (χ0) is 18.0. The normalized spacial score (nSPS) is 14.5. The van der Waals surface area contributed by atoms with Crippen LogP contribution >= 0.6 is 23.2 Å². The van der Waals surface area contributed by atoms with Gasteiger partial charge in [0.1, 0.15) is 0 Å². The summed E-state index contributed by atoms with van der Waals surface area (Å²) in [5.74, 6) is -0.288. The van der Waals surface area contributed by atoms with Crippen molar-refractivity contribution in [3.05, 3.63) is 68.2 Å². The van der Waals surface area contributed by atoms with Crippen molar-refractivity contribution in [1.29, 1.82) is 0 Å². The number of nitro benzene ring substituents is 1. The quantitative estimate of drug-likeness (QED) is 0.599. The Morgan fingerprint density at radius 1 is 1.00 bits per heavy atom. The second-order valence-corrected chi connectivity index (χ2v) is 6.52. The molecule has 1 aliphatic rings. The van der Waals surface area contributed by atoms with E-state index in [1.807, 2.05) is 24.3 Å². The summed E-state index contributed by atoms with van der Waals surface area (Å²) in [5.41, 5.74) is 1.06. The lowest BCUT2D eigenvalue weighted by Gasteiger charge is -2.36. The summed E-state index contributed by atoms with van der Waals surface area (Å²) in [7, 11) is 0. The fourth-order valence-electron chi connectivity index (χ4n) is 2.78. The molecule has 1 heterocycles. The molecule has 1 saturated heterocycles. The van der Waals surface area contributed by atoms with E-state index in [4.69, 9.17) is 23.2 Å². The summed E-state index contributed by atoms with van der Waals surface area (Å²) in [6.45, 7) is 2.36. The standard InChI is InChI=1S/C17H15Cl2N3O3/c18-12-1-3-13(4-2-12)20-7-9-21(10-8-20)17(23)15-11-14(22(24)25)5-6-16(15)19/h1-6,11H,7-10H2. The highest BCUT2D eigenvalue weighted by molar-refractivity contribution is 6.34. The van der Waals surface area contributed by atoms with Crippen molar-refractivity contribution in [2.24, 2.45) is 0 Å². The van der Waals surface area contributed by atoms with Crippen molar-refractivity contribution in [2.75, 3.05) is 31.1 Å². The van der Waals surface area contributed by atoms with Crippen molar-refractivity contribution in [2.45, 2.75) is 0 Å². The number of hydrogen-bond donors (Lipinski definition) is 0. The zero-order valence-corrected chi connectivity index (χ0v) is 14.7. The second-order valence-electron chi connectivity index (χ2n) is 5.68. The molecule has 0 spiro atoms. The molecule has 1 amide bonds. The first kappa shape index (κ1) is 17.5. The van der Waals surface area contributed by atoms with Crippen LogP contribution in [0.3, 0.4) is 0 Å². The van der Waals surface area contributed by atoms with E-state index in [-0.39, 0.29) is 22.2 Å². The van der Waals surface area contributed by atoms with Crippen LogP contribution in [0.5, 0.6) is 0 Å². The average Bonchev–Trinajstić information content (AvgIpc) is 2.62. The lowest BCUT2D eigenvalue weighted by atomic mass is 10.1. The molecule has 25 heavy (non-hydrogen) atoms. The molecular formula is C17H15Cl2N3O3. The molecule has 3 rings (SSSR count). The Hall–Kier alpha value is -2.31. The summed E-state index contributed by atoms with van der Waals surface area (Å²) in [6, 6.07) is 11.5. The minimum atomic E-state index is -0.536. The summed E-state index contributed by atoms with van der Waals surface area (Å²) < 4.78 is 0. The molecule has 0 aliphatic carbocycles. The van der Waals surface area contributed by atoms with E-state index in [2.05, 4.69) is 4.90 Å². The third-order valence-corrected chi connectivity index (χ3v) is 4.73. The summed E-state index contributed by atoms with van der Waals surface area (Å²) in [6.07, 6.45) is 0. The lowest BCUT2D eigenvalue weighted by Crippen LogP contribution is -2.48. The maximum atomic E-state index is 12.7. The molecule has 0 unspecified atom stereocenters. The summed E-state index contributed by atoms with van der Waals surface area (Å²) in [4.78, 5) is 26.9. The van der Waals surface area contributed by atoms with E-state index in [1.54, 1.807) is 4.90 Å². The highest BCUT2D eigenvalue weighted by atomic mass is 35.5. The van der Waals surface area contributed by atoms with E-state index in [1.165, 1.54) is 18.2 Å². The van der Waals surface area contributed by atoms with Crippen molar-refractivity contribution >= 4 is 40.5 Å². The number of anilines is 1. The van der Waals surface area contributed by atoms with E-state index < -0.39 is 4.92 Å². The van der Waals surface area contributed by atoms with Crippen LogP contribution in [-0.4, -0.2) is 41.9 Å². The lowest BCUT2D eigenvalue weighted by molar-refractivity contribution is -0.384. The van der Waals surface area contributed by atoms with Crippen molar-refractivity contribution < 1.29 is 9.72 Å². The molecule has 0 saturated carbocycles. The van der Waals surface area contributed by atoms with Gasteiger partial charge in [0, 0.05) is 49.0 Å². The molecule has 0 atom stereocenters. The van der Waals surface area contributed by atoms with Gasteiger partial charge in [0.05, 0.1) is 15.5 Å². The Labute approximate surface area is 154 Å². The number of nitro groups is 1. The van der Waals surface area contributed by atoms with Gasteiger partial charge in [-0.2, -0.15) is 0 Å². The smallest absolute Gasteiger partial charge is 0.270 e. The SMILES string of the molecule is O=C(c1cc([N+](=O)[O-])ccc1Cl)N1CCN(c2ccc(Cl)cc2)CC1. The van der Waals surface area contributed by atoms with Gasteiger partial charge in [0.25, 0.3) is 11.6 Å². The molecule has 8 heteroatoms. The largest absolute Gasteiger partial charge is 0.368 e. The maximum absolute atomic E-state index is 12.7. The molecule has 0 aromatic heterocycles. The molecular weight excluding hydrogens is 365 g/mol.